The van der Waals surface area contributed by atoms with E-state index >= 15 is 0 Å². The maximum absolute atomic E-state index is 13.1. The highest BCUT2D eigenvalue weighted by Gasteiger charge is 2.27. The molecule has 0 unspecified atom stereocenters. The van der Waals surface area contributed by atoms with Gasteiger partial charge < -0.3 is 9.80 Å². The maximum Gasteiger partial charge on any atom is 0.264 e. The van der Waals surface area contributed by atoms with Crippen LogP contribution in [-0.2, 0) is 0 Å². The van der Waals surface area contributed by atoms with Gasteiger partial charge in [-0.25, -0.2) is 19.9 Å². The summed E-state index contributed by atoms with van der Waals surface area (Å²) in [6.07, 6.45) is 3.48. The monoisotopic (exact) mass is 368 g/mol. The minimum atomic E-state index is 0.0798. The van der Waals surface area contributed by atoms with Crippen LogP contribution in [0.15, 0.2) is 18.5 Å². The van der Waals surface area contributed by atoms with Gasteiger partial charge in [-0.2, -0.15) is 0 Å². The zero-order valence-corrected chi connectivity index (χ0v) is 15.9. The molecule has 4 rings (SSSR count). The van der Waals surface area contributed by atoms with Gasteiger partial charge in [0.2, 0.25) is 5.95 Å². The molecule has 0 radical (unpaired) electrons. The van der Waals surface area contributed by atoms with Crippen LogP contribution in [0.2, 0.25) is 0 Å². The Bertz CT molecular complexity index is 963. The predicted octanol–water partition coefficient (Wildman–Crippen LogP) is 2.37. The first-order valence-electron chi connectivity index (χ1n) is 8.60. The number of fused-ring (bicyclic) bond motifs is 1. The lowest BCUT2D eigenvalue weighted by molar-refractivity contribution is 0.0750. The molecule has 1 amide bonds. The summed E-state index contributed by atoms with van der Waals surface area (Å²) in [4.78, 5) is 36.3. The minimum Gasteiger partial charge on any atom is -0.337 e. The third-order valence-electron chi connectivity index (χ3n) is 4.68. The van der Waals surface area contributed by atoms with Crippen LogP contribution in [0.1, 0.15) is 26.8 Å². The highest BCUT2D eigenvalue weighted by atomic mass is 32.1. The van der Waals surface area contributed by atoms with E-state index in [1.165, 1.54) is 11.3 Å². The lowest BCUT2D eigenvalue weighted by Crippen LogP contribution is -2.49. The SMILES string of the molecule is Cc1nc(C)c2c(C)c(C(=O)N3CCN(c4ncccn4)CC3)sc2n1. The fourth-order valence-corrected chi connectivity index (χ4v) is 4.63. The number of rotatable bonds is 2. The van der Waals surface area contributed by atoms with Crippen LogP contribution in [0.25, 0.3) is 10.2 Å². The molecule has 0 saturated carbocycles. The highest BCUT2D eigenvalue weighted by Crippen LogP contribution is 2.32. The molecule has 0 spiro atoms. The van der Waals surface area contributed by atoms with Crippen LogP contribution in [0, 0.1) is 20.8 Å². The second kappa shape index (κ2) is 6.60. The van der Waals surface area contributed by atoms with Gasteiger partial charge in [0, 0.05) is 49.7 Å². The molecular formula is C18H20N6OS. The second-order valence-electron chi connectivity index (χ2n) is 6.42. The molecule has 0 atom stereocenters. The molecule has 8 heteroatoms. The van der Waals surface area contributed by atoms with Gasteiger partial charge in [-0.3, -0.25) is 4.79 Å². The summed E-state index contributed by atoms with van der Waals surface area (Å²) in [7, 11) is 0. The van der Waals surface area contributed by atoms with Gasteiger partial charge >= 0.3 is 0 Å². The van der Waals surface area contributed by atoms with Crippen LogP contribution in [0.4, 0.5) is 5.95 Å². The van der Waals surface area contributed by atoms with E-state index in [9.17, 15) is 4.79 Å². The van der Waals surface area contributed by atoms with Crippen LogP contribution in [0.5, 0.6) is 0 Å². The Kier molecular flexibility index (Phi) is 4.28. The van der Waals surface area contributed by atoms with E-state index < -0.39 is 0 Å². The van der Waals surface area contributed by atoms with Crippen LogP contribution < -0.4 is 4.90 Å². The van der Waals surface area contributed by atoms with Gasteiger partial charge in [-0.1, -0.05) is 0 Å². The molecule has 1 fully saturated rings. The maximum atomic E-state index is 13.1. The van der Waals surface area contributed by atoms with Crippen molar-refractivity contribution in [3.63, 3.8) is 0 Å². The van der Waals surface area contributed by atoms with E-state index in [0.29, 0.717) is 13.1 Å². The van der Waals surface area contributed by atoms with Gasteiger partial charge in [-0.15, -0.1) is 11.3 Å². The molecule has 26 heavy (non-hydrogen) atoms. The quantitative estimate of drug-likeness (QED) is 0.691. The number of carbonyl (C=O) groups is 1. The van der Waals surface area contributed by atoms with E-state index in [4.69, 9.17) is 0 Å². The topological polar surface area (TPSA) is 75.1 Å². The summed E-state index contributed by atoms with van der Waals surface area (Å²) in [5, 5.41) is 1.01. The highest BCUT2D eigenvalue weighted by molar-refractivity contribution is 7.20. The third kappa shape index (κ3) is 2.90. The molecule has 0 aromatic carbocycles. The number of hydrogen-bond donors (Lipinski definition) is 0. The summed E-state index contributed by atoms with van der Waals surface area (Å²) in [6.45, 7) is 8.64. The van der Waals surface area contributed by atoms with Crippen molar-refractivity contribution in [2.45, 2.75) is 20.8 Å². The van der Waals surface area contributed by atoms with Crippen molar-refractivity contribution in [2.24, 2.45) is 0 Å². The lowest BCUT2D eigenvalue weighted by atomic mass is 10.1. The van der Waals surface area contributed by atoms with Crippen molar-refractivity contribution in [1.29, 1.82) is 0 Å². The van der Waals surface area contributed by atoms with Crippen molar-refractivity contribution in [3.05, 3.63) is 40.4 Å². The molecule has 3 aromatic rings. The van der Waals surface area contributed by atoms with Gasteiger partial charge in [-0.05, 0) is 32.4 Å². The second-order valence-corrected chi connectivity index (χ2v) is 7.42. The first-order chi connectivity index (χ1) is 12.5. The van der Waals surface area contributed by atoms with Crippen molar-refractivity contribution in [3.8, 4) is 0 Å². The summed E-state index contributed by atoms with van der Waals surface area (Å²) in [6, 6.07) is 1.81. The van der Waals surface area contributed by atoms with Crippen LogP contribution in [-0.4, -0.2) is 56.9 Å². The van der Waals surface area contributed by atoms with Gasteiger partial charge in [0.1, 0.15) is 10.7 Å². The number of amides is 1. The van der Waals surface area contributed by atoms with Gasteiger partial charge in [0.15, 0.2) is 0 Å². The van der Waals surface area contributed by atoms with Crippen molar-refractivity contribution < 1.29 is 4.79 Å². The standard InChI is InChI=1S/C18H20N6OS/c1-11-14-12(2)21-13(3)22-16(14)26-15(11)17(25)23-7-9-24(10-8-23)18-19-5-4-6-20-18/h4-6H,7-10H2,1-3H3. The fraction of sp³-hybridized carbons (Fsp3) is 0.389. The van der Waals surface area contributed by atoms with Crippen molar-refractivity contribution in [2.75, 3.05) is 31.1 Å². The molecule has 4 heterocycles. The van der Waals surface area contributed by atoms with E-state index in [0.717, 1.165) is 51.2 Å². The molecule has 1 saturated heterocycles. The Balaban J connectivity index is 1.55. The largest absolute Gasteiger partial charge is 0.337 e. The summed E-state index contributed by atoms with van der Waals surface area (Å²) in [5.74, 6) is 1.54. The number of nitrogens with zero attached hydrogens (tertiary/aromatic N) is 6. The Hall–Kier alpha value is -2.61. The lowest BCUT2D eigenvalue weighted by Gasteiger charge is -2.34. The van der Waals surface area contributed by atoms with Crippen molar-refractivity contribution in [1.82, 2.24) is 24.8 Å². The molecule has 134 valence electrons. The molecule has 3 aromatic heterocycles. The van der Waals surface area contributed by atoms with E-state index in [1.807, 2.05) is 25.7 Å². The molecule has 1 aliphatic heterocycles. The van der Waals surface area contributed by atoms with Crippen molar-refractivity contribution >= 4 is 33.4 Å². The normalized spacial score (nSPS) is 14.9. The van der Waals surface area contributed by atoms with E-state index in [-0.39, 0.29) is 5.91 Å². The molecule has 0 aliphatic carbocycles. The van der Waals surface area contributed by atoms with Gasteiger partial charge in [0.25, 0.3) is 5.91 Å². The Labute approximate surface area is 155 Å². The number of hydrogen-bond acceptors (Lipinski definition) is 7. The summed E-state index contributed by atoms with van der Waals surface area (Å²) >= 11 is 1.47. The first kappa shape index (κ1) is 16.8. The fourth-order valence-electron chi connectivity index (χ4n) is 3.39. The third-order valence-corrected chi connectivity index (χ3v) is 5.85. The molecule has 0 N–H and O–H groups in total. The number of carbonyl (C=O) groups excluding carboxylic acids is 1. The van der Waals surface area contributed by atoms with E-state index in [2.05, 4.69) is 24.8 Å². The summed E-state index contributed by atoms with van der Waals surface area (Å²) in [5.41, 5.74) is 1.92. The van der Waals surface area contributed by atoms with E-state index in [1.54, 1.807) is 18.5 Å². The Morgan fingerprint density at radius 1 is 1.04 bits per heavy atom. The summed E-state index contributed by atoms with van der Waals surface area (Å²) < 4.78 is 0. The minimum absolute atomic E-state index is 0.0798. The zero-order valence-electron chi connectivity index (χ0n) is 15.1. The number of thiophene rings is 1. The number of anilines is 1. The Morgan fingerprint density at radius 3 is 2.42 bits per heavy atom. The average Bonchev–Trinajstić information content (AvgIpc) is 2.98. The molecule has 7 nitrogen and oxygen atoms in total. The number of piperazine rings is 1. The molecule has 1 aliphatic rings. The molecular weight excluding hydrogens is 348 g/mol. The average molecular weight is 368 g/mol. The first-order valence-corrected chi connectivity index (χ1v) is 9.42. The predicted molar refractivity (Wildman–Crippen MR) is 102 cm³/mol. The van der Waals surface area contributed by atoms with Crippen LogP contribution >= 0.6 is 11.3 Å². The van der Waals surface area contributed by atoms with Gasteiger partial charge in [0.05, 0.1) is 4.88 Å². The number of aryl methyl sites for hydroxylation is 3. The zero-order chi connectivity index (χ0) is 18.3. The number of aromatic nitrogens is 4. The Morgan fingerprint density at radius 2 is 1.73 bits per heavy atom. The molecule has 0 bridgehead atoms. The smallest absolute Gasteiger partial charge is 0.264 e. The van der Waals surface area contributed by atoms with Crippen LogP contribution in [0.3, 0.4) is 0 Å².